The van der Waals surface area contributed by atoms with E-state index in [-0.39, 0.29) is 4.75 Å². The molecular weight excluding hydrogens is 118 g/mol. The van der Waals surface area contributed by atoms with E-state index in [2.05, 4.69) is 24.9 Å². The molecule has 2 heteroatoms. The number of hydrogen-bond acceptors (Lipinski definition) is 2. The number of piperidine rings is 1. The van der Waals surface area contributed by atoms with Crippen LogP contribution < -0.4 is 5.32 Å². The molecule has 1 saturated heterocycles. The van der Waals surface area contributed by atoms with Gasteiger partial charge in [-0.3, -0.25) is 0 Å². The van der Waals surface area contributed by atoms with Crippen molar-refractivity contribution in [1.29, 1.82) is 0 Å². The van der Waals surface area contributed by atoms with Crippen LogP contribution in [-0.2, 0) is 0 Å². The van der Waals surface area contributed by atoms with Crippen LogP contribution in [0.3, 0.4) is 0 Å². The van der Waals surface area contributed by atoms with E-state index in [1.165, 1.54) is 19.4 Å². The third-order valence-electron chi connectivity index (χ3n) is 1.57. The molecule has 0 unspecified atom stereocenters. The van der Waals surface area contributed by atoms with E-state index in [0.717, 1.165) is 6.54 Å². The van der Waals surface area contributed by atoms with Crippen LogP contribution in [0.5, 0.6) is 0 Å². The van der Waals surface area contributed by atoms with E-state index in [0.29, 0.717) is 0 Å². The Morgan fingerprint density at radius 2 is 2.38 bits per heavy atom. The van der Waals surface area contributed by atoms with Crippen LogP contribution in [0.2, 0.25) is 0 Å². The molecule has 0 spiro atoms. The highest BCUT2D eigenvalue weighted by molar-refractivity contribution is 7.81. The highest BCUT2D eigenvalue weighted by atomic mass is 32.1. The van der Waals surface area contributed by atoms with Crippen molar-refractivity contribution in [2.75, 3.05) is 13.1 Å². The molecule has 1 fully saturated rings. The molecule has 1 nitrogen and oxygen atoms in total. The lowest BCUT2D eigenvalue weighted by Crippen LogP contribution is -2.38. The molecular formula is C6H13NS. The average Bonchev–Trinajstić information content (AvgIpc) is 1.65. The fourth-order valence-electron chi connectivity index (χ4n) is 1.04. The van der Waals surface area contributed by atoms with Gasteiger partial charge in [0.2, 0.25) is 0 Å². The first-order valence-electron chi connectivity index (χ1n) is 3.14. The first-order chi connectivity index (χ1) is 3.71. The third kappa shape index (κ3) is 1.67. The average molecular weight is 131 g/mol. The highest BCUT2D eigenvalue weighted by Gasteiger charge is 2.20. The third-order valence-corrected chi connectivity index (χ3v) is 1.96. The summed E-state index contributed by atoms with van der Waals surface area (Å²) in [6.45, 7) is 4.43. The Labute approximate surface area is 56.3 Å². The van der Waals surface area contributed by atoms with Gasteiger partial charge in [0.1, 0.15) is 0 Å². The number of thiol groups is 1. The second-order valence-electron chi connectivity index (χ2n) is 2.78. The maximum absolute atomic E-state index is 4.46. The molecule has 0 saturated carbocycles. The lowest BCUT2D eigenvalue weighted by Gasteiger charge is -2.28. The lowest BCUT2D eigenvalue weighted by molar-refractivity contribution is 0.443. The van der Waals surface area contributed by atoms with E-state index >= 15 is 0 Å². The highest BCUT2D eigenvalue weighted by Crippen LogP contribution is 2.21. The van der Waals surface area contributed by atoms with Crippen molar-refractivity contribution in [3.63, 3.8) is 0 Å². The Morgan fingerprint density at radius 1 is 1.62 bits per heavy atom. The normalized spacial score (nSPS) is 39.8. The molecule has 1 N–H and O–H groups in total. The second-order valence-corrected chi connectivity index (χ2v) is 3.86. The smallest absolute Gasteiger partial charge is 0.0226 e. The first-order valence-corrected chi connectivity index (χ1v) is 3.59. The molecule has 1 aliphatic heterocycles. The zero-order valence-corrected chi connectivity index (χ0v) is 6.17. The fraction of sp³-hybridized carbons (Fsp3) is 1.00. The van der Waals surface area contributed by atoms with E-state index in [4.69, 9.17) is 0 Å². The van der Waals surface area contributed by atoms with Gasteiger partial charge in [-0.1, -0.05) is 0 Å². The molecule has 1 aliphatic rings. The van der Waals surface area contributed by atoms with Crippen molar-refractivity contribution >= 4 is 12.6 Å². The SMILES string of the molecule is C[C@@]1(S)CCCNC1. The minimum Gasteiger partial charge on any atom is -0.315 e. The van der Waals surface area contributed by atoms with Crippen molar-refractivity contribution < 1.29 is 0 Å². The first kappa shape index (κ1) is 6.43. The number of nitrogens with one attached hydrogen (secondary N) is 1. The molecule has 1 heterocycles. The zero-order valence-electron chi connectivity index (χ0n) is 5.28. The summed E-state index contributed by atoms with van der Waals surface area (Å²) >= 11 is 4.46. The van der Waals surface area contributed by atoms with E-state index < -0.39 is 0 Å². The number of rotatable bonds is 0. The quantitative estimate of drug-likeness (QED) is 0.468. The summed E-state index contributed by atoms with van der Waals surface area (Å²) in [6, 6.07) is 0. The van der Waals surface area contributed by atoms with Gasteiger partial charge in [0, 0.05) is 11.3 Å². The minimum absolute atomic E-state index is 0.262. The summed E-state index contributed by atoms with van der Waals surface area (Å²) in [7, 11) is 0. The summed E-state index contributed by atoms with van der Waals surface area (Å²) in [5, 5.41) is 3.30. The van der Waals surface area contributed by atoms with Crippen LogP contribution in [0.15, 0.2) is 0 Å². The summed E-state index contributed by atoms with van der Waals surface area (Å²) in [5.41, 5.74) is 0. The van der Waals surface area contributed by atoms with Gasteiger partial charge in [0.25, 0.3) is 0 Å². The van der Waals surface area contributed by atoms with E-state index in [1.807, 2.05) is 0 Å². The molecule has 1 rings (SSSR count). The van der Waals surface area contributed by atoms with Gasteiger partial charge in [-0.15, -0.1) is 0 Å². The van der Waals surface area contributed by atoms with Crippen molar-refractivity contribution in [3.8, 4) is 0 Å². The standard InChI is InChI=1S/C6H13NS/c1-6(8)3-2-4-7-5-6/h7-8H,2-5H2,1H3/t6-/m1/s1. The Hall–Kier alpha value is 0.310. The van der Waals surface area contributed by atoms with Crippen LogP contribution in [0.1, 0.15) is 19.8 Å². The molecule has 1 atom stereocenters. The monoisotopic (exact) mass is 131 g/mol. The predicted octanol–water partition coefficient (Wildman–Crippen LogP) is 1.06. The van der Waals surface area contributed by atoms with Crippen LogP contribution in [0.25, 0.3) is 0 Å². The van der Waals surface area contributed by atoms with Gasteiger partial charge in [-0.2, -0.15) is 12.6 Å². The van der Waals surface area contributed by atoms with Gasteiger partial charge >= 0.3 is 0 Å². The fourth-order valence-corrected chi connectivity index (χ4v) is 1.31. The molecule has 0 aromatic heterocycles. The molecule has 0 aromatic rings. The van der Waals surface area contributed by atoms with E-state index in [9.17, 15) is 0 Å². The Balaban J connectivity index is 2.33. The van der Waals surface area contributed by atoms with Crippen molar-refractivity contribution in [2.45, 2.75) is 24.5 Å². The molecule has 8 heavy (non-hydrogen) atoms. The Morgan fingerprint density at radius 3 is 2.62 bits per heavy atom. The second kappa shape index (κ2) is 2.28. The molecule has 48 valence electrons. The van der Waals surface area contributed by atoms with Gasteiger partial charge in [-0.25, -0.2) is 0 Å². The van der Waals surface area contributed by atoms with Crippen molar-refractivity contribution in [2.24, 2.45) is 0 Å². The lowest BCUT2D eigenvalue weighted by atomic mass is 10.0. The van der Waals surface area contributed by atoms with Gasteiger partial charge in [0.15, 0.2) is 0 Å². The summed E-state index contributed by atoms with van der Waals surface area (Å²) < 4.78 is 0.262. The summed E-state index contributed by atoms with van der Waals surface area (Å²) in [6.07, 6.45) is 2.53. The van der Waals surface area contributed by atoms with Crippen LogP contribution in [0, 0.1) is 0 Å². The molecule has 0 bridgehead atoms. The summed E-state index contributed by atoms with van der Waals surface area (Å²) in [5.74, 6) is 0. The number of hydrogen-bond donors (Lipinski definition) is 2. The van der Waals surface area contributed by atoms with Crippen LogP contribution in [0.4, 0.5) is 0 Å². The minimum atomic E-state index is 0.262. The largest absolute Gasteiger partial charge is 0.315 e. The zero-order chi connectivity index (χ0) is 6.04. The molecule has 0 amide bonds. The van der Waals surface area contributed by atoms with Gasteiger partial charge in [0.05, 0.1) is 0 Å². The Kier molecular flexibility index (Phi) is 1.83. The molecule has 0 aliphatic carbocycles. The van der Waals surface area contributed by atoms with Crippen molar-refractivity contribution in [3.05, 3.63) is 0 Å². The van der Waals surface area contributed by atoms with Gasteiger partial charge < -0.3 is 5.32 Å². The van der Waals surface area contributed by atoms with Crippen LogP contribution in [-0.4, -0.2) is 17.8 Å². The molecule has 0 aromatic carbocycles. The van der Waals surface area contributed by atoms with Crippen LogP contribution >= 0.6 is 12.6 Å². The predicted molar refractivity (Wildman–Crippen MR) is 39.5 cm³/mol. The molecule has 0 radical (unpaired) electrons. The van der Waals surface area contributed by atoms with E-state index in [1.54, 1.807) is 0 Å². The van der Waals surface area contributed by atoms with Gasteiger partial charge in [-0.05, 0) is 26.3 Å². The Bertz CT molecular complexity index is 72.6. The van der Waals surface area contributed by atoms with Crippen molar-refractivity contribution in [1.82, 2.24) is 5.32 Å². The summed E-state index contributed by atoms with van der Waals surface area (Å²) in [4.78, 5) is 0. The maximum atomic E-state index is 4.46. The maximum Gasteiger partial charge on any atom is 0.0226 e. The topological polar surface area (TPSA) is 12.0 Å².